The third kappa shape index (κ3) is 5.51. The molecule has 44 heavy (non-hydrogen) atoms. The van der Waals surface area contributed by atoms with Gasteiger partial charge in [0.1, 0.15) is 29.8 Å². The van der Waals surface area contributed by atoms with Crippen molar-refractivity contribution in [2.75, 3.05) is 24.6 Å². The Morgan fingerprint density at radius 3 is 2.61 bits per heavy atom. The summed E-state index contributed by atoms with van der Waals surface area (Å²) in [4.78, 5) is 59.0. The van der Waals surface area contributed by atoms with E-state index in [1.807, 2.05) is 58.0 Å². The number of rotatable bonds is 5. The van der Waals surface area contributed by atoms with Crippen molar-refractivity contribution in [1.29, 1.82) is 0 Å². The summed E-state index contributed by atoms with van der Waals surface area (Å²) in [5, 5.41) is 13.5. The highest BCUT2D eigenvalue weighted by Gasteiger charge is 2.75. The first-order chi connectivity index (χ1) is 20.9. The molecular weight excluding hydrogens is 630 g/mol. The van der Waals surface area contributed by atoms with Crippen molar-refractivity contribution in [3.05, 3.63) is 52.0 Å². The molecule has 5 rings (SSSR count). The minimum absolute atomic E-state index is 0.127. The average molecular weight is 673 g/mol. The Morgan fingerprint density at radius 2 is 1.91 bits per heavy atom. The van der Waals surface area contributed by atoms with Gasteiger partial charge in [-0.05, 0) is 56.4 Å². The SMILES string of the molecule is CC[C@H](C)[C@H](CO)N1C(=O)[C@H]2[C@@H]3C(=O)O[C@H](C)CNC(=O)CC/C=C\CN(c4cc(C)ccc4C)C(=O)[C@H]1[C@@]21C=C(Br)[C@@H]3O1. The summed E-state index contributed by atoms with van der Waals surface area (Å²) in [6, 6.07) is 4.03. The van der Waals surface area contributed by atoms with Gasteiger partial charge in [0, 0.05) is 23.1 Å². The number of aryl methyl sites for hydroxylation is 2. The van der Waals surface area contributed by atoms with Crippen LogP contribution in [0.25, 0.3) is 0 Å². The maximum absolute atomic E-state index is 15.1. The van der Waals surface area contributed by atoms with Crippen LogP contribution >= 0.6 is 15.9 Å². The summed E-state index contributed by atoms with van der Waals surface area (Å²) in [6.07, 6.45) is 5.40. The van der Waals surface area contributed by atoms with Gasteiger partial charge in [0.05, 0.1) is 25.1 Å². The first kappa shape index (κ1) is 32.4. The number of aliphatic hydroxyl groups excluding tert-OH is 1. The highest BCUT2D eigenvalue weighted by Crippen LogP contribution is 2.59. The van der Waals surface area contributed by atoms with E-state index >= 15 is 4.79 Å². The molecule has 2 N–H and O–H groups in total. The summed E-state index contributed by atoms with van der Waals surface area (Å²) in [5.41, 5.74) is 1.07. The topological polar surface area (TPSA) is 125 Å². The van der Waals surface area contributed by atoms with Crippen LogP contribution in [-0.2, 0) is 28.7 Å². The van der Waals surface area contributed by atoms with E-state index in [9.17, 15) is 19.5 Å². The Morgan fingerprint density at radius 1 is 1.16 bits per heavy atom. The second-order valence-electron chi connectivity index (χ2n) is 12.5. The third-order valence-corrected chi connectivity index (χ3v) is 10.2. The first-order valence-corrected chi connectivity index (χ1v) is 16.2. The zero-order valence-electron chi connectivity index (χ0n) is 25.9. The number of esters is 1. The molecule has 5 bridgehead atoms. The van der Waals surface area contributed by atoms with Crippen molar-refractivity contribution in [1.82, 2.24) is 10.2 Å². The van der Waals surface area contributed by atoms with Crippen LogP contribution in [0.1, 0.15) is 51.2 Å². The van der Waals surface area contributed by atoms with Crippen molar-refractivity contribution in [3.8, 4) is 0 Å². The van der Waals surface area contributed by atoms with Crippen molar-refractivity contribution in [2.24, 2.45) is 17.8 Å². The fourth-order valence-electron chi connectivity index (χ4n) is 7.02. The van der Waals surface area contributed by atoms with Crippen LogP contribution in [0.3, 0.4) is 0 Å². The number of nitrogens with zero attached hydrogens (tertiary/aromatic N) is 2. The predicted octanol–water partition coefficient (Wildman–Crippen LogP) is 3.31. The van der Waals surface area contributed by atoms with Crippen LogP contribution in [-0.4, -0.2) is 83.3 Å². The molecule has 0 radical (unpaired) electrons. The molecule has 2 saturated heterocycles. The van der Waals surface area contributed by atoms with Crippen LogP contribution in [0.2, 0.25) is 0 Å². The summed E-state index contributed by atoms with van der Waals surface area (Å²) in [6.45, 7) is 9.44. The van der Waals surface area contributed by atoms with Gasteiger partial charge < -0.3 is 29.7 Å². The number of hydrogen-bond acceptors (Lipinski definition) is 7. The standard InChI is InChI=1S/C33H42BrN3O7/c1-6-19(3)24(17-38)37-29-31(41)36(23-14-18(2)11-12-20(23)4)13-9-7-8-10-25(39)35-16-21(5)43-32(42)26-27(30(37)40)33(29)15-22(34)28(26)44-33/h7,9,11-12,14-15,19,21,24,26-29,38H,6,8,10,13,16-17H2,1-5H3,(H,35,39)/b9-7-/t19-,21+,24-,26-,27+,28-,29-,33+/m0/s1. The lowest BCUT2D eigenvalue weighted by Gasteiger charge is -2.40. The Bertz CT molecular complexity index is 1400. The van der Waals surface area contributed by atoms with Gasteiger partial charge in [-0.2, -0.15) is 0 Å². The number of benzene rings is 1. The third-order valence-electron chi connectivity index (χ3n) is 9.53. The lowest BCUT2D eigenvalue weighted by Crippen LogP contribution is -2.59. The maximum Gasteiger partial charge on any atom is 0.313 e. The number of nitrogens with one attached hydrogen (secondary N) is 1. The maximum atomic E-state index is 15.1. The number of aliphatic hydroxyl groups is 1. The number of cyclic esters (lactones) is 1. The van der Waals surface area contributed by atoms with Gasteiger partial charge in [0.2, 0.25) is 11.8 Å². The molecule has 1 aromatic carbocycles. The molecule has 0 unspecified atom stereocenters. The molecule has 1 spiro atoms. The van der Waals surface area contributed by atoms with Crippen LogP contribution in [0.15, 0.2) is 40.9 Å². The molecule has 0 aliphatic carbocycles. The van der Waals surface area contributed by atoms with Crippen LogP contribution in [0, 0.1) is 31.6 Å². The number of carbonyl (C=O) groups is 4. The second kappa shape index (κ2) is 12.8. The number of anilines is 1. The molecule has 11 heteroatoms. The Kier molecular flexibility index (Phi) is 9.39. The average Bonchev–Trinajstić information content (AvgIpc) is 3.58. The van der Waals surface area contributed by atoms with Crippen molar-refractivity contribution >= 4 is 45.3 Å². The Balaban J connectivity index is 1.69. The van der Waals surface area contributed by atoms with Gasteiger partial charge in [-0.3, -0.25) is 19.2 Å². The Hall–Kier alpha value is -3.02. The zero-order chi connectivity index (χ0) is 31.9. The fraction of sp³-hybridized carbons (Fsp3) is 0.576. The first-order valence-electron chi connectivity index (χ1n) is 15.4. The molecule has 4 aliphatic heterocycles. The van der Waals surface area contributed by atoms with Gasteiger partial charge in [-0.1, -0.05) is 60.5 Å². The fourth-order valence-corrected chi connectivity index (χ4v) is 7.75. The number of carbonyl (C=O) groups excluding carboxylic acids is 4. The summed E-state index contributed by atoms with van der Waals surface area (Å²) >= 11 is 3.57. The second-order valence-corrected chi connectivity index (χ2v) is 13.4. The van der Waals surface area contributed by atoms with E-state index in [2.05, 4.69) is 21.2 Å². The minimum atomic E-state index is -1.45. The van der Waals surface area contributed by atoms with E-state index < -0.39 is 53.6 Å². The van der Waals surface area contributed by atoms with Crippen molar-refractivity contribution < 1.29 is 33.8 Å². The van der Waals surface area contributed by atoms with Crippen LogP contribution < -0.4 is 10.2 Å². The molecule has 238 valence electrons. The molecule has 8 atom stereocenters. The molecule has 2 fully saturated rings. The van der Waals surface area contributed by atoms with Gasteiger partial charge in [0.25, 0.3) is 5.91 Å². The van der Waals surface area contributed by atoms with Gasteiger partial charge >= 0.3 is 5.97 Å². The summed E-state index contributed by atoms with van der Waals surface area (Å²) in [5.74, 6) is -3.77. The molecule has 0 aromatic heterocycles. The van der Waals surface area contributed by atoms with Gasteiger partial charge in [-0.15, -0.1) is 0 Å². The summed E-state index contributed by atoms with van der Waals surface area (Å²) in [7, 11) is 0. The molecule has 1 aromatic rings. The number of hydrogen-bond donors (Lipinski definition) is 2. The number of likely N-dealkylation sites (tertiary alicyclic amines) is 1. The number of ether oxygens (including phenoxy) is 2. The van der Waals surface area contributed by atoms with Crippen molar-refractivity contribution in [3.63, 3.8) is 0 Å². The lowest BCUT2D eigenvalue weighted by atomic mass is 9.74. The molecule has 4 aliphatic rings. The van der Waals surface area contributed by atoms with Gasteiger partial charge in [0.15, 0.2) is 0 Å². The smallest absolute Gasteiger partial charge is 0.313 e. The van der Waals surface area contributed by atoms with E-state index in [0.29, 0.717) is 23.0 Å². The van der Waals surface area contributed by atoms with E-state index in [-0.39, 0.29) is 43.8 Å². The molecule has 4 heterocycles. The van der Waals surface area contributed by atoms with Crippen LogP contribution in [0.5, 0.6) is 0 Å². The van der Waals surface area contributed by atoms with Gasteiger partial charge in [-0.25, -0.2) is 0 Å². The molecule has 3 amide bonds. The predicted molar refractivity (Wildman–Crippen MR) is 168 cm³/mol. The largest absolute Gasteiger partial charge is 0.460 e. The highest BCUT2D eigenvalue weighted by atomic mass is 79.9. The minimum Gasteiger partial charge on any atom is -0.460 e. The molecule has 0 saturated carbocycles. The molecule has 10 nitrogen and oxygen atoms in total. The lowest BCUT2D eigenvalue weighted by molar-refractivity contribution is -0.159. The van der Waals surface area contributed by atoms with E-state index in [0.717, 1.165) is 11.1 Å². The summed E-state index contributed by atoms with van der Waals surface area (Å²) < 4.78 is 12.9. The quantitative estimate of drug-likeness (QED) is 0.364. The number of allylic oxidation sites excluding steroid dienone is 1. The van der Waals surface area contributed by atoms with E-state index in [1.54, 1.807) is 17.9 Å². The zero-order valence-corrected chi connectivity index (χ0v) is 27.5. The highest BCUT2D eigenvalue weighted by molar-refractivity contribution is 9.11. The Labute approximate surface area is 266 Å². The number of amides is 3. The number of halogens is 1. The number of fused-ring (bicyclic) bond motifs is 2. The van der Waals surface area contributed by atoms with E-state index in [4.69, 9.17) is 9.47 Å². The van der Waals surface area contributed by atoms with Crippen LogP contribution in [0.4, 0.5) is 5.69 Å². The van der Waals surface area contributed by atoms with E-state index in [1.165, 1.54) is 4.90 Å². The normalized spacial score (nSPS) is 33.1. The van der Waals surface area contributed by atoms with Crippen molar-refractivity contribution in [2.45, 2.75) is 83.8 Å². The monoisotopic (exact) mass is 671 g/mol. The molecular formula is C33H42BrN3O7.